The fourth-order valence-electron chi connectivity index (χ4n) is 5.26. The molecule has 0 spiro atoms. The zero-order chi connectivity index (χ0) is 30.3. The molecule has 0 saturated carbocycles. The van der Waals surface area contributed by atoms with Crippen molar-refractivity contribution in [2.45, 2.75) is 43.4 Å². The Labute approximate surface area is 249 Å². The van der Waals surface area contributed by atoms with Gasteiger partial charge in [-0.15, -0.1) is 16.4 Å². The molecule has 16 nitrogen and oxygen atoms in total. The van der Waals surface area contributed by atoms with Gasteiger partial charge in [0.1, 0.15) is 10.9 Å². The molecule has 1 fully saturated rings. The Hall–Kier alpha value is -4.26. The molecule has 4 aromatic rings. The summed E-state index contributed by atoms with van der Waals surface area (Å²) in [6, 6.07) is 6.04. The van der Waals surface area contributed by atoms with Crippen LogP contribution in [0.5, 0.6) is 0 Å². The quantitative estimate of drug-likeness (QED) is 0.148. The Balaban J connectivity index is 1.24. The van der Waals surface area contributed by atoms with Crippen LogP contribution in [0.4, 0.5) is 4.79 Å². The summed E-state index contributed by atoms with van der Waals surface area (Å²) in [4.78, 5) is 35.5. The minimum atomic E-state index is -4.00. The summed E-state index contributed by atoms with van der Waals surface area (Å²) in [5.74, 6) is -0.000796. The van der Waals surface area contributed by atoms with E-state index in [0.29, 0.717) is 33.8 Å². The summed E-state index contributed by atoms with van der Waals surface area (Å²) in [5, 5.41) is 28.6. The summed E-state index contributed by atoms with van der Waals surface area (Å²) in [6.45, 7) is 2.99. The first kappa shape index (κ1) is 28.8. The van der Waals surface area contributed by atoms with Gasteiger partial charge in [-0.25, -0.2) is 23.3 Å². The molecule has 0 bridgehead atoms. The second-order valence-corrected chi connectivity index (χ2v) is 13.4. The average molecular weight is 628 g/mol. The van der Waals surface area contributed by atoms with Gasteiger partial charge in [0.25, 0.3) is 15.9 Å². The number of nitrogens with zero attached hydrogens (tertiary/aromatic N) is 6. The highest BCUT2D eigenvalue weighted by Gasteiger charge is 2.39. The van der Waals surface area contributed by atoms with Gasteiger partial charge in [-0.1, -0.05) is 0 Å². The van der Waals surface area contributed by atoms with Gasteiger partial charge >= 0.3 is 6.09 Å². The molecule has 43 heavy (non-hydrogen) atoms. The highest BCUT2D eigenvalue weighted by Crippen LogP contribution is 2.28. The number of piperazine rings is 1. The van der Waals surface area contributed by atoms with Crippen molar-refractivity contribution in [2.75, 3.05) is 26.7 Å². The zero-order valence-electron chi connectivity index (χ0n) is 23.2. The number of carbonyl (C=O) groups is 2. The van der Waals surface area contributed by atoms with Crippen LogP contribution in [0.15, 0.2) is 29.3 Å². The number of sulfonamides is 1. The van der Waals surface area contributed by atoms with Crippen molar-refractivity contribution in [3.05, 3.63) is 51.2 Å². The number of amides is 2. The monoisotopic (exact) mass is 627 g/mol. The molecule has 5 heterocycles. The molecule has 2 atom stereocenters. The molecule has 0 radical (unpaired) electrons. The topological polar surface area (TPSA) is 215 Å². The average Bonchev–Trinajstić information content (AvgIpc) is 3.76. The molecule has 5 N–H and O–H groups in total. The largest absolute Gasteiger partial charge is 0.453 e. The fraction of sp³-hybridized carbons (Fsp3) is 0.400. The first-order chi connectivity index (χ1) is 20.6. The standard InChI is InChI=1S/C25H29N11O5S2/c1-13-7-18-19(11-27-13)42-23(29-18)24(37)36-6-5-35(12-16(36)10-20-31-33-34-32-20)43(39,40)21-9-15-8-14(3-4-17(15)28-21)22(26)30-25(38)41-2/h3-4,8-9,13,16,27-28H,5-7,10-12H2,1-2H3,(H2,26,30,38)(H,31,32,33,34). The van der Waals surface area contributed by atoms with E-state index in [0.717, 1.165) is 17.0 Å². The van der Waals surface area contributed by atoms with E-state index >= 15 is 0 Å². The molecule has 3 aromatic heterocycles. The predicted molar refractivity (Wildman–Crippen MR) is 154 cm³/mol. The number of amidine groups is 1. The summed E-state index contributed by atoms with van der Waals surface area (Å²) < 4.78 is 33.5. The third-order valence-corrected chi connectivity index (χ3v) is 10.4. The van der Waals surface area contributed by atoms with Gasteiger partial charge in [0.05, 0.1) is 18.8 Å². The number of ether oxygens (including phenoxy) is 1. The maximum absolute atomic E-state index is 13.8. The van der Waals surface area contributed by atoms with Crippen molar-refractivity contribution in [2.24, 2.45) is 0 Å². The van der Waals surface area contributed by atoms with E-state index in [1.807, 2.05) is 0 Å². The molecule has 2 aliphatic rings. The molecule has 2 amide bonds. The molecular formula is C25H29N11O5S2. The van der Waals surface area contributed by atoms with Crippen LogP contribution in [0.25, 0.3) is 10.9 Å². The number of hydrogen-bond donors (Lipinski definition) is 5. The van der Waals surface area contributed by atoms with Gasteiger partial charge in [-0.2, -0.15) is 4.31 Å². The number of fused-ring (bicyclic) bond motifs is 2. The van der Waals surface area contributed by atoms with Crippen LogP contribution in [-0.4, -0.2) is 105 Å². The van der Waals surface area contributed by atoms with Gasteiger partial charge < -0.3 is 19.9 Å². The maximum atomic E-state index is 13.8. The highest BCUT2D eigenvalue weighted by molar-refractivity contribution is 7.89. The van der Waals surface area contributed by atoms with E-state index < -0.39 is 22.2 Å². The van der Waals surface area contributed by atoms with Crippen molar-refractivity contribution < 1.29 is 22.7 Å². The number of alkyl carbamates (subject to hydrolysis) is 1. The molecule has 18 heteroatoms. The Bertz CT molecular complexity index is 1800. The fourth-order valence-corrected chi connectivity index (χ4v) is 7.74. The second-order valence-electron chi connectivity index (χ2n) is 10.4. The van der Waals surface area contributed by atoms with E-state index in [4.69, 9.17) is 5.41 Å². The summed E-state index contributed by atoms with van der Waals surface area (Å²) in [6.07, 6.45) is 0.185. The lowest BCUT2D eigenvalue weighted by atomic mass is 10.1. The van der Waals surface area contributed by atoms with Crippen molar-refractivity contribution in [3.8, 4) is 0 Å². The van der Waals surface area contributed by atoms with Crippen LogP contribution in [0.2, 0.25) is 0 Å². The number of rotatable bonds is 6. The van der Waals surface area contributed by atoms with Crippen molar-refractivity contribution in [1.29, 1.82) is 5.41 Å². The molecule has 1 aromatic carbocycles. The van der Waals surface area contributed by atoms with Gasteiger partial charge in [0.2, 0.25) is 0 Å². The molecule has 2 aliphatic heterocycles. The highest BCUT2D eigenvalue weighted by atomic mass is 32.2. The number of benzene rings is 1. The Morgan fingerprint density at radius 1 is 1.26 bits per heavy atom. The van der Waals surface area contributed by atoms with Crippen molar-refractivity contribution in [1.82, 2.24) is 50.4 Å². The number of tetrazole rings is 1. The van der Waals surface area contributed by atoms with Crippen LogP contribution < -0.4 is 10.6 Å². The molecule has 6 rings (SSSR count). The SMILES string of the molecule is COC(=O)NC(=N)c1ccc2[nH]c(S(=O)(=O)N3CCN(C(=O)c4nc5c(s4)CNC(C)C5)C(Cc4nnn[nH]4)C3)cc2c1. The van der Waals surface area contributed by atoms with E-state index in [-0.39, 0.29) is 48.9 Å². The number of nitrogens with one attached hydrogen (secondary N) is 5. The van der Waals surface area contributed by atoms with Gasteiger partial charge in [0, 0.05) is 66.4 Å². The molecule has 226 valence electrons. The van der Waals surface area contributed by atoms with E-state index in [1.54, 1.807) is 23.1 Å². The zero-order valence-corrected chi connectivity index (χ0v) is 24.9. The van der Waals surface area contributed by atoms with Crippen LogP contribution in [0.3, 0.4) is 0 Å². The van der Waals surface area contributed by atoms with Gasteiger partial charge in [0.15, 0.2) is 10.8 Å². The summed E-state index contributed by atoms with van der Waals surface area (Å²) in [7, 11) is -2.80. The number of carbonyl (C=O) groups excluding carboxylic acids is 2. The first-order valence-electron chi connectivity index (χ1n) is 13.4. The number of methoxy groups -OCH3 is 1. The first-order valence-corrected chi connectivity index (χ1v) is 15.7. The molecule has 0 aliphatic carbocycles. The van der Waals surface area contributed by atoms with Gasteiger partial charge in [-0.3, -0.25) is 15.5 Å². The normalized spacial score (nSPS) is 19.3. The third kappa shape index (κ3) is 5.73. The van der Waals surface area contributed by atoms with Gasteiger partial charge in [-0.05, 0) is 41.6 Å². The van der Waals surface area contributed by atoms with E-state index in [9.17, 15) is 18.0 Å². The Morgan fingerprint density at radius 3 is 2.86 bits per heavy atom. The Kier molecular flexibility index (Phi) is 7.67. The number of aromatic amines is 2. The minimum Gasteiger partial charge on any atom is -0.453 e. The molecular weight excluding hydrogens is 598 g/mol. The lowest BCUT2D eigenvalue weighted by molar-refractivity contribution is 0.0561. The minimum absolute atomic E-state index is 0.0206. The summed E-state index contributed by atoms with van der Waals surface area (Å²) in [5.41, 5.74) is 1.85. The number of H-pyrrole nitrogens is 2. The smallest absolute Gasteiger partial charge is 0.412 e. The van der Waals surface area contributed by atoms with E-state index in [1.165, 1.54) is 28.8 Å². The van der Waals surface area contributed by atoms with Crippen LogP contribution in [0.1, 0.15) is 38.7 Å². The molecule has 2 unspecified atom stereocenters. The van der Waals surface area contributed by atoms with Crippen LogP contribution in [-0.2, 0) is 34.1 Å². The second kappa shape index (κ2) is 11.4. The number of aromatic nitrogens is 6. The lowest BCUT2D eigenvalue weighted by Gasteiger charge is -2.40. The lowest BCUT2D eigenvalue weighted by Crippen LogP contribution is -2.57. The van der Waals surface area contributed by atoms with Crippen LogP contribution in [0, 0.1) is 5.41 Å². The molecule has 1 saturated heterocycles. The van der Waals surface area contributed by atoms with E-state index in [2.05, 4.69) is 52.9 Å². The third-order valence-electron chi connectivity index (χ3n) is 7.51. The van der Waals surface area contributed by atoms with Crippen LogP contribution >= 0.6 is 11.3 Å². The number of hydrogen-bond acceptors (Lipinski definition) is 12. The predicted octanol–water partition coefficient (Wildman–Crippen LogP) is 0.611. The number of thiazole rings is 1. The van der Waals surface area contributed by atoms with Crippen molar-refractivity contribution >= 4 is 50.1 Å². The summed E-state index contributed by atoms with van der Waals surface area (Å²) >= 11 is 1.37. The maximum Gasteiger partial charge on any atom is 0.412 e. The Morgan fingerprint density at radius 2 is 2.09 bits per heavy atom. The van der Waals surface area contributed by atoms with Crippen molar-refractivity contribution in [3.63, 3.8) is 0 Å².